The second-order valence-electron chi connectivity index (χ2n) is 5.51. The lowest BCUT2D eigenvalue weighted by Gasteiger charge is -2.34. The molecule has 0 bridgehead atoms. The fourth-order valence-electron chi connectivity index (χ4n) is 3.09. The van der Waals surface area contributed by atoms with E-state index in [0.717, 1.165) is 18.7 Å². The van der Waals surface area contributed by atoms with Crippen LogP contribution in [-0.2, 0) is 10.3 Å². The van der Waals surface area contributed by atoms with Gasteiger partial charge in [-0.3, -0.25) is 0 Å². The highest BCUT2D eigenvalue weighted by molar-refractivity contribution is 5.39. The van der Waals surface area contributed by atoms with Gasteiger partial charge in [-0.25, -0.2) is 0 Å². The van der Waals surface area contributed by atoms with Gasteiger partial charge in [0.25, 0.3) is 0 Å². The lowest BCUT2D eigenvalue weighted by Crippen LogP contribution is -2.41. The van der Waals surface area contributed by atoms with Gasteiger partial charge in [0.2, 0.25) is 0 Å². The molecule has 1 N–H and O–H groups in total. The van der Waals surface area contributed by atoms with Gasteiger partial charge in [0, 0.05) is 18.2 Å². The largest absolute Gasteiger partial charge is 0.491 e. The monoisotopic (exact) mass is 277 g/mol. The van der Waals surface area contributed by atoms with Crippen LogP contribution in [0.5, 0.6) is 5.75 Å². The van der Waals surface area contributed by atoms with E-state index >= 15 is 0 Å². The molecule has 3 nitrogen and oxygen atoms in total. The van der Waals surface area contributed by atoms with Crippen molar-refractivity contribution in [2.24, 2.45) is 0 Å². The van der Waals surface area contributed by atoms with Crippen molar-refractivity contribution in [1.82, 2.24) is 5.32 Å². The predicted molar refractivity (Wildman–Crippen MR) is 82.3 cm³/mol. The van der Waals surface area contributed by atoms with Crippen LogP contribution >= 0.6 is 0 Å². The molecule has 1 fully saturated rings. The summed E-state index contributed by atoms with van der Waals surface area (Å²) < 4.78 is 11.0. The molecule has 1 aromatic carbocycles. The van der Waals surface area contributed by atoms with Gasteiger partial charge in [-0.05, 0) is 31.9 Å². The minimum atomic E-state index is 0.0696. The average molecular weight is 277 g/mol. The Bertz CT molecular complexity index is 398. The van der Waals surface area contributed by atoms with E-state index in [0.29, 0.717) is 13.2 Å². The standard InChI is InChI=1S/C17H27NO2/c1-3-17(11-7-4-8-12-18-17)15-9-5-6-10-16(15)20-14-13-19-2/h5-6,9-10,18H,3-4,7-8,11-14H2,1-2H3. The summed E-state index contributed by atoms with van der Waals surface area (Å²) in [4.78, 5) is 0. The Morgan fingerprint density at radius 3 is 2.80 bits per heavy atom. The Morgan fingerprint density at radius 2 is 2.00 bits per heavy atom. The predicted octanol–water partition coefficient (Wildman–Crippen LogP) is 3.48. The fraction of sp³-hybridized carbons (Fsp3) is 0.647. The van der Waals surface area contributed by atoms with E-state index in [9.17, 15) is 0 Å². The molecular weight excluding hydrogens is 250 g/mol. The number of methoxy groups -OCH3 is 1. The number of hydrogen-bond acceptors (Lipinski definition) is 3. The quantitative estimate of drug-likeness (QED) is 0.808. The van der Waals surface area contributed by atoms with Gasteiger partial charge in [0.1, 0.15) is 12.4 Å². The van der Waals surface area contributed by atoms with Crippen LogP contribution in [0.2, 0.25) is 0 Å². The van der Waals surface area contributed by atoms with Crippen molar-refractivity contribution in [2.45, 2.75) is 44.6 Å². The van der Waals surface area contributed by atoms with Crippen molar-refractivity contribution >= 4 is 0 Å². The molecular formula is C17H27NO2. The van der Waals surface area contributed by atoms with Gasteiger partial charge in [-0.2, -0.15) is 0 Å². The zero-order valence-corrected chi connectivity index (χ0v) is 12.8. The molecule has 1 aliphatic rings. The Kier molecular flexibility index (Phi) is 5.86. The zero-order chi connectivity index (χ0) is 14.3. The molecule has 1 heterocycles. The van der Waals surface area contributed by atoms with Crippen LogP contribution in [-0.4, -0.2) is 26.9 Å². The molecule has 112 valence electrons. The summed E-state index contributed by atoms with van der Waals surface area (Å²) in [5, 5.41) is 3.78. The minimum absolute atomic E-state index is 0.0696. The Balaban J connectivity index is 2.23. The summed E-state index contributed by atoms with van der Waals surface area (Å²) >= 11 is 0. The maximum atomic E-state index is 5.93. The molecule has 1 saturated heterocycles. The van der Waals surface area contributed by atoms with Gasteiger partial charge in [-0.1, -0.05) is 38.0 Å². The van der Waals surface area contributed by atoms with Crippen molar-refractivity contribution in [3.05, 3.63) is 29.8 Å². The van der Waals surface area contributed by atoms with Crippen LogP contribution in [0.25, 0.3) is 0 Å². The van der Waals surface area contributed by atoms with E-state index < -0.39 is 0 Å². The molecule has 1 aromatic rings. The highest BCUT2D eigenvalue weighted by atomic mass is 16.5. The molecule has 0 saturated carbocycles. The third kappa shape index (κ3) is 3.53. The first-order valence-corrected chi connectivity index (χ1v) is 7.78. The highest BCUT2D eigenvalue weighted by Gasteiger charge is 2.33. The van der Waals surface area contributed by atoms with Crippen molar-refractivity contribution < 1.29 is 9.47 Å². The Labute approximate surface area is 122 Å². The SMILES string of the molecule is CCC1(c2ccccc2OCCOC)CCCCCN1. The molecule has 1 unspecified atom stereocenters. The molecule has 0 spiro atoms. The normalized spacial score (nSPS) is 23.3. The van der Waals surface area contributed by atoms with Crippen molar-refractivity contribution in [3.63, 3.8) is 0 Å². The summed E-state index contributed by atoms with van der Waals surface area (Å²) in [7, 11) is 1.70. The first kappa shape index (κ1) is 15.3. The van der Waals surface area contributed by atoms with Crippen LogP contribution in [0.15, 0.2) is 24.3 Å². The van der Waals surface area contributed by atoms with Crippen LogP contribution < -0.4 is 10.1 Å². The minimum Gasteiger partial charge on any atom is -0.491 e. The first-order chi connectivity index (χ1) is 9.82. The van der Waals surface area contributed by atoms with Gasteiger partial charge in [0.15, 0.2) is 0 Å². The van der Waals surface area contributed by atoms with Gasteiger partial charge < -0.3 is 14.8 Å². The second-order valence-corrected chi connectivity index (χ2v) is 5.51. The number of hydrogen-bond donors (Lipinski definition) is 1. The van der Waals surface area contributed by atoms with E-state index in [-0.39, 0.29) is 5.54 Å². The summed E-state index contributed by atoms with van der Waals surface area (Å²) in [6.45, 7) is 4.60. The molecule has 1 aliphatic heterocycles. The van der Waals surface area contributed by atoms with Crippen LogP contribution in [0.1, 0.15) is 44.6 Å². The van der Waals surface area contributed by atoms with Gasteiger partial charge in [-0.15, -0.1) is 0 Å². The molecule has 0 aromatic heterocycles. The summed E-state index contributed by atoms with van der Waals surface area (Å²) in [6, 6.07) is 8.45. The molecule has 0 radical (unpaired) electrons. The van der Waals surface area contributed by atoms with Gasteiger partial charge >= 0.3 is 0 Å². The summed E-state index contributed by atoms with van der Waals surface area (Å²) in [6.07, 6.45) is 6.16. The number of ether oxygens (including phenoxy) is 2. The van der Waals surface area contributed by atoms with E-state index in [1.165, 1.54) is 31.2 Å². The zero-order valence-electron chi connectivity index (χ0n) is 12.8. The number of rotatable bonds is 6. The van der Waals surface area contributed by atoms with Crippen LogP contribution in [0.4, 0.5) is 0 Å². The summed E-state index contributed by atoms with van der Waals surface area (Å²) in [5.74, 6) is 1.00. The van der Waals surface area contributed by atoms with Gasteiger partial charge in [0.05, 0.1) is 6.61 Å². The lowest BCUT2D eigenvalue weighted by atomic mass is 9.82. The van der Waals surface area contributed by atoms with Crippen molar-refractivity contribution in [2.75, 3.05) is 26.9 Å². The molecule has 20 heavy (non-hydrogen) atoms. The second kappa shape index (κ2) is 7.65. The third-order valence-corrected chi connectivity index (χ3v) is 4.29. The highest BCUT2D eigenvalue weighted by Crippen LogP contribution is 2.38. The van der Waals surface area contributed by atoms with Crippen LogP contribution in [0, 0.1) is 0 Å². The average Bonchev–Trinajstić information content (AvgIpc) is 2.74. The van der Waals surface area contributed by atoms with E-state index in [1.807, 2.05) is 6.07 Å². The number of benzene rings is 1. The Hall–Kier alpha value is -1.06. The summed E-state index contributed by atoms with van der Waals surface area (Å²) in [5.41, 5.74) is 1.38. The number of para-hydroxylation sites is 1. The molecule has 0 amide bonds. The van der Waals surface area contributed by atoms with Crippen LogP contribution in [0.3, 0.4) is 0 Å². The molecule has 3 heteroatoms. The van der Waals surface area contributed by atoms with E-state index in [1.54, 1.807) is 7.11 Å². The maximum Gasteiger partial charge on any atom is 0.124 e. The smallest absolute Gasteiger partial charge is 0.124 e. The maximum absolute atomic E-state index is 5.93. The van der Waals surface area contributed by atoms with E-state index in [4.69, 9.17) is 9.47 Å². The van der Waals surface area contributed by atoms with Crippen molar-refractivity contribution in [1.29, 1.82) is 0 Å². The topological polar surface area (TPSA) is 30.5 Å². The number of nitrogens with one attached hydrogen (secondary N) is 1. The van der Waals surface area contributed by atoms with Crippen molar-refractivity contribution in [3.8, 4) is 5.75 Å². The first-order valence-electron chi connectivity index (χ1n) is 7.78. The lowest BCUT2D eigenvalue weighted by molar-refractivity contribution is 0.143. The Morgan fingerprint density at radius 1 is 1.15 bits per heavy atom. The fourth-order valence-corrected chi connectivity index (χ4v) is 3.09. The molecule has 1 atom stereocenters. The van der Waals surface area contributed by atoms with E-state index in [2.05, 4.69) is 30.4 Å². The third-order valence-electron chi connectivity index (χ3n) is 4.29. The molecule has 2 rings (SSSR count). The molecule has 0 aliphatic carbocycles.